The van der Waals surface area contributed by atoms with Crippen LogP contribution in [0, 0.1) is 6.92 Å². The van der Waals surface area contributed by atoms with Crippen molar-refractivity contribution < 1.29 is 8.42 Å². The molecule has 0 aliphatic carbocycles. The van der Waals surface area contributed by atoms with Gasteiger partial charge in [-0.2, -0.15) is 0 Å². The number of nitrogens with one attached hydrogen (secondary N) is 1. The maximum Gasteiger partial charge on any atom is 0.240 e. The highest BCUT2D eigenvalue weighted by atomic mass is 32.2. The number of nitrogens with two attached hydrogens (primary N) is 1. The third-order valence-corrected chi connectivity index (χ3v) is 5.61. The fourth-order valence-electron chi connectivity index (χ4n) is 1.91. The zero-order valence-corrected chi connectivity index (χ0v) is 13.6. The zero-order valence-electron chi connectivity index (χ0n) is 12.0. The van der Waals surface area contributed by atoms with Crippen LogP contribution in [0.25, 0.3) is 0 Å². The zero-order chi connectivity index (χ0) is 15.5. The lowest BCUT2D eigenvalue weighted by atomic mass is 10.2. The lowest BCUT2D eigenvalue weighted by Crippen LogP contribution is -2.18. The Morgan fingerprint density at radius 1 is 1.19 bits per heavy atom. The van der Waals surface area contributed by atoms with E-state index in [2.05, 4.69) is 29.8 Å². The smallest absolute Gasteiger partial charge is 0.240 e. The molecule has 0 fully saturated rings. The fourth-order valence-corrected chi connectivity index (χ4v) is 3.56. The van der Waals surface area contributed by atoms with Gasteiger partial charge in [0.05, 0.1) is 4.90 Å². The molecule has 0 atom stereocenters. The first kappa shape index (κ1) is 15.9. The summed E-state index contributed by atoms with van der Waals surface area (Å²) in [7, 11) is -2.07. The van der Waals surface area contributed by atoms with Gasteiger partial charge in [0.2, 0.25) is 10.0 Å². The Kier molecular flexibility index (Phi) is 4.92. The van der Waals surface area contributed by atoms with Crippen LogP contribution in [0.4, 0.5) is 5.69 Å². The van der Waals surface area contributed by atoms with Gasteiger partial charge in [-0.05, 0) is 37.7 Å². The van der Waals surface area contributed by atoms with Gasteiger partial charge in [0.25, 0.3) is 0 Å². The number of sulfonamides is 1. The Hall–Kier alpha value is -1.50. The number of hydrogen-bond donors (Lipinski definition) is 2. The SMILES string of the molecule is CNS(=O)(=O)c1ccc(SCc2cccc(C)c2)c(N)c1. The topological polar surface area (TPSA) is 72.2 Å². The fraction of sp³-hybridized carbons (Fsp3) is 0.200. The minimum atomic E-state index is -3.45. The molecule has 0 amide bonds. The summed E-state index contributed by atoms with van der Waals surface area (Å²) in [6.45, 7) is 2.06. The Bertz CT molecular complexity index is 743. The average molecular weight is 322 g/mol. The van der Waals surface area contributed by atoms with E-state index >= 15 is 0 Å². The number of anilines is 1. The summed E-state index contributed by atoms with van der Waals surface area (Å²) in [5, 5.41) is 0. The summed E-state index contributed by atoms with van der Waals surface area (Å²) in [6, 6.07) is 13.1. The molecule has 0 bridgehead atoms. The highest BCUT2D eigenvalue weighted by Crippen LogP contribution is 2.30. The van der Waals surface area contributed by atoms with Crippen molar-refractivity contribution in [3.8, 4) is 0 Å². The molecule has 2 aromatic carbocycles. The lowest BCUT2D eigenvalue weighted by Gasteiger charge is -2.09. The van der Waals surface area contributed by atoms with E-state index in [1.807, 2.05) is 6.07 Å². The Labute approximate surface area is 129 Å². The minimum absolute atomic E-state index is 0.183. The molecule has 6 heteroatoms. The van der Waals surface area contributed by atoms with Crippen LogP contribution in [-0.2, 0) is 15.8 Å². The summed E-state index contributed by atoms with van der Waals surface area (Å²) in [6.07, 6.45) is 0. The maximum absolute atomic E-state index is 11.7. The standard InChI is InChI=1S/C15H18N2O2S2/c1-11-4-3-5-12(8-11)10-20-15-7-6-13(9-14(15)16)21(18,19)17-2/h3-9,17H,10,16H2,1-2H3. The van der Waals surface area contributed by atoms with Gasteiger partial charge in [0.1, 0.15) is 0 Å². The summed E-state index contributed by atoms with van der Waals surface area (Å²) in [4.78, 5) is 1.06. The minimum Gasteiger partial charge on any atom is -0.398 e. The van der Waals surface area contributed by atoms with Crippen LogP contribution in [0.5, 0.6) is 0 Å². The molecule has 2 rings (SSSR count). The molecule has 0 aromatic heterocycles. The lowest BCUT2D eigenvalue weighted by molar-refractivity contribution is 0.588. The molecule has 3 N–H and O–H groups in total. The van der Waals surface area contributed by atoms with Crippen LogP contribution in [-0.4, -0.2) is 15.5 Å². The first-order valence-electron chi connectivity index (χ1n) is 6.44. The van der Waals surface area contributed by atoms with Crippen LogP contribution in [0.3, 0.4) is 0 Å². The summed E-state index contributed by atoms with van der Waals surface area (Å²) >= 11 is 1.60. The average Bonchev–Trinajstić information content (AvgIpc) is 2.46. The predicted octanol–water partition coefficient (Wildman–Crippen LogP) is 2.78. The molecular formula is C15H18N2O2S2. The van der Waals surface area contributed by atoms with Crippen LogP contribution in [0.2, 0.25) is 0 Å². The van der Waals surface area contributed by atoms with Crippen LogP contribution >= 0.6 is 11.8 Å². The number of rotatable bonds is 5. The van der Waals surface area contributed by atoms with Crippen molar-refractivity contribution in [1.82, 2.24) is 4.72 Å². The molecule has 0 radical (unpaired) electrons. The Morgan fingerprint density at radius 2 is 1.95 bits per heavy atom. The molecule has 2 aromatic rings. The molecule has 0 spiro atoms. The van der Waals surface area contributed by atoms with Gasteiger partial charge in [-0.25, -0.2) is 13.1 Å². The van der Waals surface area contributed by atoms with Crippen LogP contribution < -0.4 is 10.5 Å². The molecule has 0 saturated carbocycles. The normalized spacial score (nSPS) is 11.5. The quantitative estimate of drug-likeness (QED) is 0.656. The van der Waals surface area contributed by atoms with E-state index < -0.39 is 10.0 Å². The third-order valence-electron chi connectivity index (χ3n) is 3.04. The summed E-state index contributed by atoms with van der Waals surface area (Å²) in [5.41, 5.74) is 8.86. The van der Waals surface area contributed by atoms with Crippen molar-refractivity contribution in [3.05, 3.63) is 53.6 Å². The van der Waals surface area contributed by atoms with E-state index in [9.17, 15) is 8.42 Å². The molecular weight excluding hydrogens is 304 g/mol. The van der Waals surface area contributed by atoms with E-state index in [-0.39, 0.29) is 4.90 Å². The summed E-state index contributed by atoms with van der Waals surface area (Å²) < 4.78 is 25.7. The first-order valence-corrected chi connectivity index (χ1v) is 8.90. The second-order valence-corrected chi connectivity index (χ2v) is 7.59. The number of benzene rings is 2. The number of nitrogen functional groups attached to an aromatic ring is 1. The second kappa shape index (κ2) is 6.51. The first-order chi connectivity index (χ1) is 9.92. The largest absolute Gasteiger partial charge is 0.398 e. The van der Waals surface area contributed by atoms with Crippen molar-refractivity contribution in [2.75, 3.05) is 12.8 Å². The van der Waals surface area contributed by atoms with Gasteiger partial charge in [-0.15, -0.1) is 11.8 Å². The van der Waals surface area contributed by atoms with Gasteiger partial charge < -0.3 is 5.73 Å². The van der Waals surface area contributed by atoms with Gasteiger partial charge in [-0.3, -0.25) is 0 Å². The van der Waals surface area contributed by atoms with Gasteiger partial charge in [-0.1, -0.05) is 29.8 Å². The molecule has 0 heterocycles. The van der Waals surface area contributed by atoms with Crippen molar-refractivity contribution in [1.29, 1.82) is 0 Å². The van der Waals surface area contributed by atoms with Gasteiger partial charge in [0.15, 0.2) is 0 Å². The highest BCUT2D eigenvalue weighted by Gasteiger charge is 2.13. The molecule has 21 heavy (non-hydrogen) atoms. The van der Waals surface area contributed by atoms with E-state index in [0.29, 0.717) is 5.69 Å². The number of hydrogen-bond acceptors (Lipinski definition) is 4. The van der Waals surface area contributed by atoms with E-state index in [4.69, 9.17) is 5.73 Å². The maximum atomic E-state index is 11.7. The molecule has 4 nitrogen and oxygen atoms in total. The predicted molar refractivity (Wildman–Crippen MR) is 87.8 cm³/mol. The van der Waals surface area contributed by atoms with Crippen molar-refractivity contribution in [3.63, 3.8) is 0 Å². The molecule has 0 saturated heterocycles. The number of aryl methyl sites for hydroxylation is 1. The number of thioether (sulfide) groups is 1. The highest BCUT2D eigenvalue weighted by molar-refractivity contribution is 7.98. The molecule has 112 valence electrons. The molecule has 0 unspecified atom stereocenters. The molecule has 0 aliphatic rings. The van der Waals surface area contributed by atoms with Crippen LogP contribution in [0.1, 0.15) is 11.1 Å². The second-order valence-electron chi connectivity index (χ2n) is 4.68. The van der Waals surface area contributed by atoms with Crippen molar-refractivity contribution >= 4 is 27.5 Å². The monoisotopic (exact) mass is 322 g/mol. The van der Waals surface area contributed by atoms with Gasteiger partial charge >= 0.3 is 0 Å². The van der Waals surface area contributed by atoms with E-state index in [0.717, 1.165) is 10.6 Å². The summed E-state index contributed by atoms with van der Waals surface area (Å²) in [5.74, 6) is 0.796. The van der Waals surface area contributed by atoms with E-state index in [1.165, 1.54) is 24.2 Å². The third kappa shape index (κ3) is 4.00. The van der Waals surface area contributed by atoms with E-state index in [1.54, 1.807) is 23.9 Å². The van der Waals surface area contributed by atoms with Crippen LogP contribution in [0.15, 0.2) is 52.3 Å². The molecule has 0 aliphatic heterocycles. The Balaban J connectivity index is 2.15. The van der Waals surface area contributed by atoms with Gasteiger partial charge in [0, 0.05) is 16.3 Å². The Morgan fingerprint density at radius 3 is 2.57 bits per heavy atom. The van der Waals surface area contributed by atoms with Crippen molar-refractivity contribution in [2.24, 2.45) is 0 Å². The van der Waals surface area contributed by atoms with Crippen molar-refractivity contribution in [2.45, 2.75) is 22.5 Å².